The average molecular weight is 383 g/mol. The van der Waals surface area contributed by atoms with E-state index in [-0.39, 0.29) is 11.7 Å². The smallest absolute Gasteiger partial charge is 0.289 e. The fourth-order valence-corrected chi connectivity index (χ4v) is 4.30. The van der Waals surface area contributed by atoms with Crippen molar-refractivity contribution in [2.24, 2.45) is 0 Å². The molecule has 1 amide bonds. The molecular formula is C21H30N6O. The summed E-state index contributed by atoms with van der Waals surface area (Å²) in [5, 5.41) is 3.98. The molecule has 1 N–H and O–H groups in total. The second-order valence-electron chi connectivity index (χ2n) is 8.00. The summed E-state index contributed by atoms with van der Waals surface area (Å²) in [5.74, 6) is 0.875. The Kier molecular flexibility index (Phi) is 5.71. The van der Waals surface area contributed by atoms with Crippen LogP contribution in [0.15, 0.2) is 6.07 Å². The molecule has 0 unspecified atom stereocenters. The fourth-order valence-electron chi connectivity index (χ4n) is 4.30. The first-order chi connectivity index (χ1) is 13.6. The van der Waals surface area contributed by atoms with Gasteiger partial charge in [-0.1, -0.05) is 6.42 Å². The summed E-state index contributed by atoms with van der Waals surface area (Å²) in [4.78, 5) is 31.2. The SMILES string of the molecule is Cc1cc(C)c2c(N3CCCC3)nc(C(=O)NCCN3CCCCC3)nc2n1. The van der Waals surface area contributed by atoms with Gasteiger partial charge >= 0.3 is 0 Å². The van der Waals surface area contributed by atoms with E-state index in [0.717, 1.165) is 68.0 Å². The van der Waals surface area contributed by atoms with Crippen LogP contribution in [0.5, 0.6) is 0 Å². The average Bonchev–Trinajstić information content (AvgIpc) is 3.22. The highest BCUT2D eigenvalue weighted by molar-refractivity contribution is 5.96. The Morgan fingerprint density at radius 1 is 1.00 bits per heavy atom. The highest BCUT2D eigenvalue weighted by Gasteiger charge is 2.22. The van der Waals surface area contributed by atoms with Crippen molar-refractivity contribution in [1.82, 2.24) is 25.2 Å². The normalized spacial score (nSPS) is 18.0. The number of piperidine rings is 1. The van der Waals surface area contributed by atoms with Gasteiger partial charge in [0.1, 0.15) is 5.82 Å². The molecular weight excluding hydrogens is 352 g/mol. The molecule has 150 valence electrons. The van der Waals surface area contributed by atoms with Crippen molar-refractivity contribution in [3.63, 3.8) is 0 Å². The fraction of sp³-hybridized carbons (Fsp3) is 0.619. The van der Waals surface area contributed by atoms with Crippen molar-refractivity contribution in [3.05, 3.63) is 23.1 Å². The summed E-state index contributed by atoms with van der Waals surface area (Å²) in [7, 11) is 0. The van der Waals surface area contributed by atoms with Crippen LogP contribution in [0.1, 0.15) is 54.0 Å². The highest BCUT2D eigenvalue weighted by Crippen LogP contribution is 2.29. The van der Waals surface area contributed by atoms with Crippen LogP contribution in [0.25, 0.3) is 11.0 Å². The molecule has 4 heterocycles. The standard InChI is InChI=1S/C21H30N6O/c1-15-14-16(2)23-18-17(15)20(27-11-6-7-12-27)25-19(24-18)21(28)22-8-13-26-9-4-3-5-10-26/h14H,3-13H2,1-2H3,(H,22,28). The number of hydrogen-bond acceptors (Lipinski definition) is 6. The van der Waals surface area contributed by atoms with E-state index in [1.54, 1.807) is 0 Å². The van der Waals surface area contributed by atoms with Crippen molar-refractivity contribution in [3.8, 4) is 0 Å². The molecule has 0 aromatic carbocycles. The highest BCUT2D eigenvalue weighted by atomic mass is 16.2. The number of carbonyl (C=O) groups excluding carboxylic acids is 1. The summed E-state index contributed by atoms with van der Waals surface area (Å²) in [6.07, 6.45) is 6.14. The second kappa shape index (κ2) is 8.39. The van der Waals surface area contributed by atoms with Crippen molar-refractivity contribution in [2.45, 2.75) is 46.0 Å². The number of amides is 1. The maximum absolute atomic E-state index is 12.8. The number of pyridine rings is 1. The summed E-state index contributed by atoms with van der Waals surface area (Å²) in [6.45, 7) is 9.73. The van der Waals surface area contributed by atoms with E-state index >= 15 is 0 Å². The number of hydrogen-bond donors (Lipinski definition) is 1. The zero-order chi connectivity index (χ0) is 19.5. The molecule has 7 heteroatoms. The van der Waals surface area contributed by atoms with E-state index in [0.29, 0.717) is 12.2 Å². The molecule has 2 aromatic rings. The zero-order valence-corrected chi connectivity index (χ0v) is 17.0. The third kappa shape index (κ3) is 4.09. The minimum Gasteiger partial charge on any atom is -0.356 e. The van der Waals surface area contributed by atoms with E-state index < -0.39 is 0 Å². The van der Waals surface area contributed by atoms with E-state index in [1.807, 2.05) is 6.92 Å². The lowest BCUT2D eigenvalue weighted by Crippen LogP contribution is -2.38. The van der Waals surface area contributed by atoms with Crippen molar-refractivity contribution in [2.75, 3.05) is 44.2 Å². The third-order valence-electron chi connectivity index (χ3n) is 5.74. The summed E-state index contributed by atoms with van der Waals surface area (Å²) >= 11 is 0. The molecule has 0 atom stereocenters. The minimum absolute atomic E-state index is 0.208. The number of likely N-dealkylation sites (tertiary alicyclic amines) is 1. The molecule has 7 nitrogen and oxygen atoms in total. The first-order valence-corrected chi connectivity index (χ1v) is 10.5. The number of anilines is 1. The van der Waals surface area contributed by atoms with Gasteiger partial charge in [-0.2, -0.15) is 0 Å². The maximum atomic E-state index is 12.8. The molecule has 0 radical (unpaired) electrons. The Balaban J connectivity index is 1.56. The van der Waals surface area contributed by atoms with Gasteiger partial charge < -0.3 is 15.1 Å². The van der Waals surface area contributed by atoms with E-state index in [9.17, 15) is 4.79 Å². The quantitative estimate of drug-likeness (QED) is 0.856. The Bertz CT molecular complexity index is 856. The van der Waals surface area contributed by atoms with Gasteiger partial charge in [-0.15, -0.1) is 0 Å². The van der Waals surface area contributed by atoms with Gasteiger partial charge in [0.2, 0.25) is 5.82 Å². The van der Waals surface area contributed by atoms with Gasteiger partial charge in [0.15, 0.2) is 5.65 Å². The van der Waals surface area contributed by atoms with Crippen LogP contribution >= 0.6 is 0 Å². The summed E-state index contributed by atoms with van der Waals surface area (Å²) < 4.78 is 0. The molecule has 0 saturated carbocycles. The van der Waals surface area contributed by atoms with Gasteiger partial charge in [0, 0.05) is 31.9 Å². The van der Waals surface area contributed by atoms with Crippen molar-refractivity contribution >= 4 is 22.8 Å². The number of aryl methyl sites for hydroxylation is 2. The molecule has 2 saturated heterocycles. The number of rotatable bonds is 5. The van der Waals surface area contributed by atoms with Crippen molar-refractivity contribution in [1.29, 1.82) is 0 Å². The largest absolute Gasteiger partial charge is 0.356 e. The third-order valence-corrected chi connectivity index (χ3v) is 5.74. The van der Waals surface area contributed by atoms with E-state index in [1.165, 1.54) is 19.3 Å². The van der Waals surface area contributed by atoms with Crippen LogP contribution in [0, 0.1) is 13.8 Å². The van der Waals surface area contributed by atoms with Crippen LogP contribution in [0.3, 0.4) is 0 Å². The summed E-state index contributed by atoms with van der Waals surface area (Å²) in [6, 6.07) is 2.06. The van der Waals surface area contributed by atoms with Gasteiger partial charge in [-0.25, -0.2) is 15.0 Å². The number of nitrogens with zero attached hydrogens (tertiary/aromatic N) is 5. The Labute approximate surface area is 166 Å². The van der Waals surface area contributed by atoms with Crippen LogP contribution in [0.2, 0.25) is 0 Å². The molecule has 0 bridgehead atoms. The topological polar surface area (TPSA) is 74.2 Å². The molecule has 4 rings (SSSR count). The Morgan fingerprint density at radius 2 is 1.71 bits per heavy atom. The lowest BCUT2D eigenvalue weighted by molar-refractivity contribution is 0.0936. The number of nitrogens with one attached hydrogen (secondary N) is 1. The van der Waals surface area contributed by atoms with E-state index in [2.05, 4.69) is 43.1 Å². The summed E-state index contributed by atoms with van der Waals surface area (Å²) in [5.41, 5.74) is 2.64. The lowest BCUT2D eigenvalue weighted by atomic mass is 10.1. The predicted octanol–water partition coefficient (Wildman–Crippen LogP) is 2.46. The second-order valence-corrected chi connectivity index (χ2v) is 8.00. The van der Waals surface area contributed by atoms with Crippen molar-refractivity contribution < 1.29 is 4.79 Å². The van der Waals surface area contributed by atoms with Gasteiger partial charge in [-0.3, -0.25) is 4.79 Å². The molecule has 0 spiro atoms. The Morgan fingerprint density at radius 3 is 2.46 bits per heavy atom. The maximum Gasteiger partial charge on any atom is 0.289 e. The number of aromatic nitrogens is 3. The Hall–Kier alpha value is -2.28. The monoisotopic (exact) mass is 382 g/mol. The minimum atomic E-state index is -0.208. The van der Waals surface area contributed by atoms with Gasteiger partial charge in [-0.05, 0) is 64.3 Å². The molecule has 2 aliphatic rings. The molecule has 28 heavy (non-hydrogen) atoms. The zero-order valence-electron chi connectivity index (χ0n) is 17.0. The first-order valence-electron chi connectivity index (χ1n) is 10.5. The first kappa shape index (κ1) is 19.1. The van der Waals surface area contributed by atoms with Crippen LogP contribution in [-0.2, 0) is 0 Å². The predicted molar refractivity (Wildman–Crippen MR) is 111 cm³/mol. The van der Waals surface area contributed by atoms with Crippen LogP contribution in [0.4, 0.5) is 5.82 Å². The van der Waals surface area contributed by atoms with Gasteiger partial charge in [0.25, 0.3) is 5.91 Å². The van der Waals surface area contributed by atoms with E-state index in [4.69, 9.17) is 0 Å². The van der Waals surface area contributed by atoms with Crippen LogP contribution < -0.4 is 10.2 Å². The molecule has 0 aliphatic carbocycles. The van der Waals surface area contributed by atoms with Gasteiger partial charge in [0.05, 0.1) is 5.39 Å². The molecule has 2 fully saturated rings. The lowest BCUT2D eigenvalue weighted by Gasteiger charge is -2.26. The van der Waals surface area contributed by atoms with Crippen LogP contribution in [-0.4, -0.2) is 65.0 Å². The number of fused-ring (bicyclic) bond motifs is 1. The number of carbonyl (C=O) groups is 1. The molecule has 2 aromatic heterocycles. The molecule has 2 aliphatic heterocycles.